The fourth-order valence-electron chi connectivity index (χ4n) is 1.25. The van der Waals surface area contributed by atoms with E-state index in [1.807, 2.05) is 0 Å². The Morgan fingerprint density at radius 3 is 2.92 bits per heavy atom. The largest absolute Gasteiger partial charge is 0.478 e. The number of hydrogen-bond donors (Lipinski definition) is 2. The van der Waals surface area contributed by atoms with Crippen LogP contribution in [0.25, 0.3) is 10.1 Å². The molecule has 2 aromatic rings. The number of carbonyl (C=O) groups is 1. The van der Waals surface area contributed by atoms with Crippen LogP contribution in [0.5, 0.6) is 0 Å². The molecule has 0 aliphatic rings. The van der Waals surface area contributed by atoms with Crippen LogP contribution in [0, 0.1) is 0 Å². The summed E-state index contributed by atoms with van der Waals surface area (Å²) in [4.78, 5) is 10.8. The molecule has 1 heterocycles. The highest BCUT2D eigenvalue weighted by Crippen LogP contribution is 2.30. The fraction of sp³-hybridized carbons (Fsp3) is 0. The Kier molecular flexibility index (Phi) is 1.70. The van der Waals surface area contributed by atoms with Gasteiger partial charge >= 0.3 is 5.97 Å². The van der Waals surface area contributed by atoms with E-state index in [1.54, 1.807) is 23.6 Å². The first-order valence-corrected chi connectivity index (χ1v) is 4.57. The molecule has 0 fully saturated rings. The second-order valence-corrected chi connectivity index (χ2v) is 3.56. The predicted molar refractivity (Wildman–Crippen MR) is 53.2 cm³/mol. The summed E-state index contributed by atoms with van der Waals surface area (Å²) in [6.07, 6.45) is 0. The molecule has 0 radical (unpaired) electrons. The second-order valence-electron chi connectivity index (χ2n) is 2.68. The molecule has 0 amide bonds. The van der Waals surface area contributed by atoms with E-state index in [-0.39, 0.29) is 0 Å². The van der Waals surface area contributed by atoms with E-state index >= 15 is 0 Å². The zero-order chi connectivity index (χ0) is 9.42. The number of aromatic carboxylic acids is 1. The molecule has 13 heavy (non-hydrogen) atoms. The van der Waals surface area contributed by atoms with Gasteiger partial charge in [0.2, 0.25) is 0 Å². The average Bonchev–Trinajstić information content (AvgIpc) is 2.48. The number of nitrogens with two attached hydrogens (primary N) is 1. The summed E-state index contributed by atoms with van der Waals surface area (Å²) in [7, 11) is 0. The summed E-state index contributed by atoms with van der Waals surface area (Å²) in [5.41, 5.74) is 6.65. The number of hydrogen-bond acceptors (Lipinski definition) is 3. The number of carboxylic acid groups (broad SMARTS) is 1. The molecule has 0 aliphatic heterocycles. The number of fused-ring (bicyclic) bond motifs is 1. The molecular formula is C9H7NO2S. The topological polar surface area (TPSA) is 63.3 Å². The van der Waals surface area contributed by atoms with Gasteiger partial charge in [0.25, 0.3) is 0 Å². The zero-order valence-corrected chi connectivity index (χ0v) is 7.47. The third-order valence-corrected chi connectivity index (χ3v) is 2.91. The van der Waals surface area contributed by atoms with Crippen molar-refractivity contribution in [3.8, 4) is 0 Å². The van der Waals surface area contributed by atoms with Crippen LogP contribution in [-0.2, 0) is 0 Å². The van der Waals surface area contributed by atoms with Gasteiger partial charge in [-0.15, -0.1) is 11.3 Å². The molecule has 0 saturated heterocycles. The van der Waals surface area contributed by atoms with Crippen LogP contribution in [0.3, 0.4) is 0 Å². The first kappa shape index (κ1) is 8.07. The molecular weight excluding hydrogens is 186 g/mol. The Morgan fingerprint density at radius 1 is 1.46 bits per heavy atom. The molecule has 3 N–H and O–H groups in total. The summed E-state index contributed by atoms with van der Waals surface area (Å²) < 4.78 is 0.847. The molecule has 66 valence electrons. The first-order chi connectivity index (χ1) is 6.20. The lowest BCUT2D eigenvalue weighted by molar-refractivity contribution is 0.0699. The number of rotatable bonds is 1. The van der Waals surface area contributed by atoms with Crippen molar-refractivity contribution in [1.82, 2.24) is 0 Å². The Balaban J connectivity index is 2.83. The van der Waals surface area contributed by atoms with E-state index in [2.05, 4.69) is 0 Å². The lowest BCUT2D eigenvalue weighted by Crippen LogP contribution is -1.93. The predicted octanol–water partition coefficient (Wildman–Crippen LogP) is 2.18. The van der Waals surface area contributed by atoms with Crippen molar-refractivity contribution >= 4 is 33.1 Å². The van der Waals surface area contributed by atoms with Crippen molar-refractivity contribution in [1.29, 1.82) is 0 Å². The van der Waals surface area contributed by atoms with E-state index in [0.29, 0.717) is 11.3 Å². The Bertz CT molecular complexity index is 475. The monoisotopic (exact) mass is 193 g/mol. The SMILES string of the molecule is Nc1cccc2c(C(=O)O)csc12. The molecule has 4 heteroatoms. The molecule has 1 aromatic carbocycles. The van der Waals surface area contributed by atoms with E-state index in [1.165, 1.54) is 11.3 Å². The standard InChI is InChI=1S/C9H7NO2S/c10-7-3-1-2-5-6(9(11)12)4-13-8(5)7/h1-4H,10H2,(H,11,12). The van der Waals surface area contributed by atoms with Crippen LogP contribution in [0.4, 0.5) is 5.69 Å². The van der Waals surface area contributed by atoms with Crippen molar-refractivity contribution in [2.45, 2.75) is 0 Å². The van der Waals surface area contributed by atoms with Crippen LogP contribution in [0.1, 0.15) is 10.4 Å². The van der Waals surface area contributed by atoms with Gasteiger partial charge in [-0.1, -0.05) is 12.1 Å². The van der Waals surface area contributed by atoms with E-state index in [9.17, 15) is 4.79 Å². The lowest BCUT2D eigenvalue weighted by atomic mass is 10.1. The van der Waals surface area contributed by atoms with Crippen LogP contribution in [0.2, 0.25) is 0 Å². The molecule has 1 aromatic heterocycles. The zero-order valence-electron chi connectivity index (χ0n) is 6.65. The number of carboxylic acids is 1. The molecule has 0 bridgehead atoms. The highest BCUT2D eigenvalue weighted by atomic mass is 32.1. The van der Waals surface area contributed by atoms with Crippen molar-refractivity contribution < 1.29 is 9.90 Å². The van der Waals surface area contributed by atoms with Crippen molar-refractivity contribution in [2.24, 2.45) is 0 Å². The molecule has 0 atom stereocenters. The second kappa shape index (κ2) is 2.74. The highest BCUT2D eigenvalue weighted by Gasteiger charge is 2.11. The molecule has 0 saturated carbocycles. The van der Waals surface area contributed by atoms with Crippen LogP contribution in [-0.4, -0.2) is 11.1 Å². The normalized spacial score (nSPS) is 10.5. The van der Waals surface area contributed by atoms with Crippen molar-refractivity contribution in [3.63, 3.8) is 0 Å². The van der Waals surface area contributed by atoms with Gasteiger partial charge < -0.3 is 10.8 Å². The van der Waals surface area contributed by atoms with Gasteiger partial charge in [0.15, 0.2) is 0 Å². The molecule has 3 nitrogen and oxygen atoms in total. The van der Waals surface area contributed by atoms with Gasteiger partial charge in [0.05, 0.1) is 10.3 Å². The van der Waals surface area contributed by atoms with Gasteiger partial charge in [-0.25, -0.2) is 4.79 Å². The third-order valence-electron chi connectivity index (χ3n) is 1.86. The maximum absolute atomic E-state index is 10.8. The minimum Gasteiger partial charge on any atom is -0.478 e. The fourth-order valence-corrected chi connectivity index (χ4v) is 2.22. The maximum atomic E-state index is 10.8. The van der Waals surface area contributed by atoms with Gasteiger partial charge in [-0.2, -0.15) is 0 Å². The maximum Gasteiger partial charge on any atom is 0.337 e. The van der Waals surface area contributed by atoms with Crippen molar-refractivity contribution in [3.05, 3.63) is 29.1 Å². The van der Waals surface area contributed by atoms with Crippen LogP contribution >= 0.6 is 11.3 Å². The molecule has 0 aliphatic carbocycles. The number of benzene rings is 1. The smallest absolute Gasteiger partial charge is 0.337 e. The van der Waals surface area contributed by atoms with Gasteiger partial charge in [0, 0.05) is 16.5 Å². The van der Waals surface area contributed by atoms with E-state index < -0.39 is 5.97 Å². The van der Waals surface area contributed by atoms with Crippen LogP contribution < -0.4 is 5.73 Å². The molecule has 2 rings (SSSR count). The number of nitrogen functional groups attached to an aromatic ring is 1. The number of anilines is 1. The average molecular weight is 193 g/mol. The quantitative estimate of drug-likeness (QED) is 0.682. The van der Waals surface area contributed by atoms with E-state index in [4.69, 9.17) is 10.8 Å². The summed E-state index contributed by atoms with van der Waals surface area (Å²) in [6, 6.07) is 5.30. The lowest BCUT2D eigenvalue weighted by Gasteiger charge is -1.94. The molecule has 0 spiro atoms. The third kappa shape index (κ3) is 1.15. The van der Waals surface area contributed by atoms with E-state index in [0.717, 1.165) is 10.1 Å². The van der Waals surface area contributed by atoms with Gasteiger partial charge in [-0.3, -0.25) is 0 Å². The Hall–Kier alpha value is -1.55. The molecule has 0 unspecified atom stereocenters. The van der Waals surface area contributed by atoms with Crippen molar-refractivity contribution in [2.75, 3.05) is 5.73 Å². The van der Waals surface area contributed by atoms with Gasteiger partial charge in [0.1, 0.15) is 0 Å². The summed E-state index contributed by atoms with van der Waals surface area (Å²) in [6.45, 7) is 0. The highest BCUT2D eigenvalue weighted by molar-refractivity contribution is 7.18. The Morgan fingerprint density at radius 2 is 2.23 bits per heavy atom. The summed E-state index contributed by atoms with van der Waals surface area (Å²) in [5.74, 6) is -0.906. The van der Waals surface area contributed by atoms with Crippen LogP contribution in [0.15, 0.2) is 23.6 Å². The summed E-state index contributed by atoms with van der Waals surface area (Å²) >= 11 is 1.36. The minimum atomic E-state index is -0.906. The first-order valence-electron chi connectivity index (χ1n) is 3.69. The minimum absolute atomic E-state index is 0.326. The van der Waals surface area contributed by atoms with Gasteiger partial charge in [-0.05, 0) is 6.07 Å². The Labute approximate surface area is 78.4 Å². The summed E-state index contributed by atoms with van der Waals surface area (Å²) in [5, 5.41) is 11.2. The number of thiophene rings is 1.